The first kappa shape index (κ1) is 21.7. The van der Waals surface area contributed by atoms with Gasteiger partial charge in [0.2, 0.25) is 0 Å². The van der Waals surface area contributed by atoms with Crippen LogP contribution in [0.4, 0.5) is 5.69 Å². The van der Waals surface area contributed by atoms with E-state index in [0.717, 1.165) is 24.1 Å². The van der Waals surface area contributed by atoms with Crippen LogP contribution in [0.3, 0.4) is 0 Å². The smallest absolute Gasteiger partial charge is 0.289 e. The average molecular weight is 350 g/mol. The molecule has 1 aromatic rings. The van der Waals surface area contributed by atoms with Gasteiger partial charge >= 0.3 is 0 Å². The second-order valence-electron chi connectivity index (χ2n) is 6.30. The van der Waals surface area contributed by atoms with Crippen molar-refractivity contribution < 1.29 is 14.2 Å². The van der Waals surface area contributed by atoms with Crippen molar-refractivity contribution in [3.05, 3.63) is 42.6 Å². The van der Waals surface area contributed by atoms with E-state index in [2.05, 4.69) is 31.0 Å². The lowest BCUT2D eigenvalue weighted by molar-refractivity contribution is -0.365. The van der Waals surface area contributed by atoms with E-state index in [1.54, 1.807) is 27.5 Å². The summed E-state index contributed by atoms with van der Waals surface area (Å²) in [4.78, 5) is 0. The minimum atomic E-state index is -1.06. The van der Waals surface area contributed by atoms with Crippen LogP contribution in [0.1, 0.15) is 63.4 Å². The van der Waals surface area contributed by atoms with Crippen molar-refractivity contribution in [2.45, 2.75) is 63.8 Å². The van der Waals surface area contributed by atoms with Gasteiger partial charge in [0.1, 0.15) is 0 Å². The van der Waals surface area contributed by atoms with Gasteiger partial charge in [-0.25, -0.2) is 0 Å². The standard InChI is InChI=1S/C21H35NO3/c1-6-8-9-10-11-12-13-20(21(23-3,24-4)25-5)18-14-16-19(17-15-18)22-7-2/h7,14-17,20,22H,2,6,8-13H2,1,3-5H3. The first-order valence-corrected chi connectivity index (χ1v) is 9.30. The number of benzene rings is 1. The van der Waals surface area contributed by atoms with Gasteiger partial charge < -0.3 is 19.5 Å². The molecule has 0 saturated carbocycles. The maximum absolute atomic E-state index is 5.65. The Morgan fingerprint density at radius 2 is 1.52 bits per heavy atom. The van der Waals surface area contributed by atoms with Crippen LogP contribution in [0.15, 0.2) is 37.0 Å². The summed E-state index contributed by atoms with van der Waals surface area (Å²) in [5.74, 6) is -1.05. The summed E-state index contributed by atoms with van der Waals surface area (Å²) in [6.45, 7) is 5.93. The molecule has 0 bridgehead atoms. The van der Waals surface area contributed by atoms with Crippen molar-refractivity contribution in [1.82, 2.24) is 0 Å². The molecule has 1 N–H and O–H groups in total. The molecule has 4 heteroatoms. The van der Waals surface area contributed by atoms with Crippen LogP contribution in [0.2, 0.25) is 0 Å². The van der Waals surface area contributed by atoms with Gasteiger partial charge in [0.15, 0.2) is 0 Å². The zero-order valence-electron chi connectivity index (χ0n) is 16.3. The summed E-state index contributed by atoms with van der Waals surface area (Å²) < 4.78 is 16.9. The highest BCUT2D eigenvalue weighted by Crippen LogP contribution is 2.37. The molecule has 0 aliphatic rings. The summed E-state index contributed by atoms with van der Waals surface area (Å²) in [5, 5.41) is 3.10. The van der Waals surface area contributed by atoms with Crippen LogP contribution >= 0.6 is 0 Å². The average Bonchev–Trinajstić information content (AvgIpc) is 2.65. The first-order valence-electron chi connectivity index (χ1n) is 9.30. The van der Waals surface area contributed by atoms with E-state index in [9.17, 15) is 0 Å². The second-order valence-corrected chi connectivity index (χ2v) is 6.30. The Kier molecular flexibility index (Phi) is 10.5. The van der Waals surface area contributed by atoms with Gasteiger partial charge in [0.25, 0.3) is 5.97 Å². The molecule has 0 aliphatic heterocycles. The molecule has 142 valence electrons. The molecule has 0 saturated heterocycles. The Bertz CT molecular complexity index is 460. The van der Waals surface area contributed by atoms with Crippen LogP contribution in [-0.2, 0) is 14.2 Å². The van der Waals surface area contributed by atoms with Crippen LogP contribution in [-0.4, -0.2) is 27.3 Å². The highest BCUT2D eigenvalue weighted by atomic mass is 16.9. The predicted octanol–water partition coefficient (Wildman–Crippen LogP) is 5.67. The normalized spacial score (nSPS) is 12.8. The topological polar surface area (TPSA) is 39.7 Å². The number of rotatable bonds is 14. The van der Waals surface area contributed by atoms with Crippen molar-refractivity contribution in [3.63, 3.8) is 0 Å². The Hall–Kier alpha value is -1.36. The zero-order valence-corrected chi connectivity index (χ0v) is 16.3. The van der Waals surface area contributed by atoms with Gasteiger partial charge in [0, 0.05) is 27.0 Å². The number of nitrogens with one attached hydrogen (secondary N) is 1. The van der Waals surface area contributed by atoms with E-state index in [0.29, 0.717) is 0 Å². The molecule has 1 unspecified atom stereocenters. The van der Waals surface area contributed by atoms with Crippen molar-refractivity contribution in [2.75, 3.05) is 26.6 Å². The Labute approximate surface area is 153 Å². The molecule has 0 amide bonds. The molecular formula is C21H35NO3. The lowest BCUT2D eigenvalue weighted by Gasteiger charge is -2.36. The summed E-state index contributed by atoms with van der Waals surface area (Å²) in [6.07, 6.45) is 10.2. The summed E-state index contributed by atoms with van der Waals surface area (Å²) in [7, 11) is 4.90. The van der Waals surface area contributed by atoms with E-state index in [4.69, 9.17) is 14.2 Å². The van der Waals surface area contributed by atoms with Gasteiger partial charge in [0.05, 0.1) is 5.92 Å². The lowest BCUT2D eigenvalue weighted by Crippen LogP contribution is -2.42. The lowest BCUT2D eigenvalue weighted by atomic mass is 9.90. The van der Waals surface area contributed by atoms with Crippen LogP contribution in [0, 0.1) is 0 Å². The highest BCUT2D eigenvalue weighted by molar-refractivity contribution is 5.47. The molecule has 1 atom stereocenters. The van der Waals surface area contributed by atoms with Crippen molar-refractivity contribution >= 4 is 5.69 Å². The Balaban J connectivity index is 2.85. The summed E-state index contributed by atoms with van der Waals surface area (Å²) in [5.41, 5.74) is 2.16. The monoisotopic (exact) mass is 349 g/mol. The number of ether oxygens (including phenoxy) is 3. The van der Waals surface area contributed by atoms with E-state index in [1.807, 2.05) is 12.1 Å². The van der Waals surface area contributed by atoms with Crippen molar-refractivity contribution in [3.8, 4) is 0 Å². The predicted molar refractivity (Wildman–Crippen MR) is 105 cm³/mol. The van der Waals surface area contributed by atoms with Gasteiger partial charge in [-0.3, -0.25) is 0 Å². The molecule has 0 aromatic heterocycles. The van der Waals surface area contributed by atoms with Gasteiger partial charge in [-0.15, -0.1) is 0 Å². The van der Waals surface area contributed by atoms with Gasteiger partial charge in [-0.1, -0.05) is 64.2 Å². The number of hydrogen-bond acceptors (Lipinski definition) is 4. The molecular weight excluding hydrogens is 314 g/mol. The molecule has 1 aromatic carbocycles. The maximum Gasteiger partial charge on any atom is 0.289 e. The summed E-state index contributed by atoms with van der Waals surface area (Å²) in [6, 6.07) is 8.27. The van der Waals surface area contributed by atoms with E-state index < -0.39 is 5.97 Å². The highest BCUT2D eigenvalue weighted by Gasteiger charge is 2.40. The molecule has 25 heavy (non-hydrogen) atoms. The van der Waals surface area contributed by atoms with Crippen molar-refractivity contribution in [1.29, 1.82) is 0 Å². The number of anilines is 1. The zero-order chi connectivity index (χ0) is 18.5. The fraction of sp³-hybridized carbons (Fsp3) is 0.619. The largest absolute Gasteiger partial charge is 0.362 e. The maximum atomic E-state index is 5.65. The first-order chi connectivity index (χ1) is 12.2. The third-order valence-corrected chi connectivity index (χ3v) is 4.71. The molecule has 0 fully saturated rings. The quantitative estimate of drug-likeness (QED) is 0.347. The second kappa shape index (κ2) is 12.1. The van der Waals surface area contributed by atoms with Crippen LogP contribution in [0.5, 0.6) is 0 Å². The third kappa shape index (κ3) is 6.46. The minimum Gasteiger partial charge on any atom is -0.362 e. The van der Waals surface area contributed by atoms with Crippen LogP contribution in [0.25, 0.3) is 0 Å². The SMILES string of the molecule is C=CNc1ccc(C(CCCCCCCC)C(OC)(OC)OC)cc1. The van der Waals surface area contributed by atoms with E-state index in [1.165, 1.54) is 32.1 Å². The minimum absolute atomic E-state index is 0.0106. The Morgan fingerprint density at radius 1 is 0.960 bits per heavy atom. The number of hydrogen-bond donors (Lipinski definition) is 1. The number of methoxy groups -OCH3 is 3. The molecule has 4 nitrogen and oxygen atoms in total. The third-order valence-electron chi connectivity index (χ3n) is 4.71. The van der Waals surface area contributed by atoms with E-state index in [-0.39, 0.29) is 5.92 Å². The fourth-order valence-electron chi connectivity index (χ4n) is 3.28. The number of unbranched alkanes of at least 4 members (excludes halogenated alkanes) is 5. The summed E-state index contributed by atoms with van der Waals surface area (Å²) >= 11 is 0. The van der Waals surface area contributed by atoms with Gasteiger partial charge in [-0.2, -0.15) is 0 Å². The molecule has 1 rings (SSSR count). The van der Waals surface area contributed by atoms with Gasteiger partial charge in [-0.05, 0) is 30.3 Å². The fourth-order valence-corrected chi connectivity index (χ4v) is 3.28. The molecule has 0 spiro atoms. The molecule has 0 aliphatic carbocycles. The Morgan fingerprint density at radius 3 is 2.04 bits per heavy atom. The van der Waals surface area contributed by atoms with E-state index >= 15 is 0 Å². The van der Waals surface area contributed by atoms with Crippen molar-refractivity contribution in [2.24, 2.45) is 0 Å². The molecule has 0 radical (unpaired) electrons. The van der Waals surface area contributed by atoms with Crippen LogP contribution < -0.4 is 5.32 Å². The molecule has 0 heterocycles.